The topological polar surface area (TPSA) is 104 Å². The van der Waals surface area contributed by atoms with Gasteiger partial charge < -0.3 is 4.74 Å². The molecule has 0 spiro atoms. The molecule has 3 rings (SSSR count). The maximum Gasteiger partial charge on any atom is 0.310 e. The van der Waals surface area contributed by atoms with E-state index in [0.29, 0.717) is 24.1 Å². The number of nitrogens with zero attached hydrogens (tertiary/aromatic N) is 3. The molecule has 1 aromatic heterocycles. The van der Waals surface area contributed by atoms with Crippen LogP contribution in [0.1, 0.15) is 18.1 Å². The van der Waals surface area contributed by atoms with E-state index < -0.39 is 16.5 Å². The molecular weight excluding hydrogens is 386 g/mol. The second-order valence-corrected chi connectivity index (χ2v) is 6.59. The Morgan fingerprint density at radius 3 is 2.63 bits per heavy atom. The number of nitro benzene ring substituents is 1. The second kappa shape index (κ2) is 9.60. The summed E-state index contributed by atoms with van der Waals surface area (Å²) in [6, 6.07) is 15.6. The number of hydrogen-bond donors (Lipinski definition) is 0. The summed E-state index contributed by atoms with van der Waals surface area (Å²) in [5.41, 5.74) is 1.57. The van der Waals surface area contributed by atoms with E-state index in [1.807, 2.05) is 30.3 Å². The Balaban J connectivity index is 2.00. The third-order valence-electron chi connectivity index (χ3n) is 4.59. The van der Waals surface area contributed by atoms with E-state index in [0.717, 1.165) is 5.56 Å². The highest BCUT2D eigenvalue weighted by Crippen LogP contribution is 2.25. The Morgan fingerprint density at radius 2 is 1.93 bits per heavy atom. The van der Waals surface area contributed by atoms with Crippen LogP contribution in [0.3, 0.4) is 0 Å². The minimum absolute atomic E-state index is 0.108. The standard InChI is InChI=1S/C22H21N3O5/c1-2-30-21(26)14-19-20(17-9-6-10-18(13-17)25(28)29)15-23-24(22(19)27)12-11-16-7-4-3-5-8-16/h3-10,13,15H,2,11-12,14H2,1H3. The summed E-state index contributed by atoms with van der Waals surface area (Å²) in [7, 11) is 0. The number of carbonyl (C=O) groups excluding carboxylic acids is 1. The lowest BCUT2D eigenvalue weighted by Gasteiger charge is -2.12. The highest BCUT2D eigenvalue weighted by Gasteiger charge is 2.18. The minimum atomic E-state index is -0.540. The predicted molar refractivity (Wildman–Crippen MR) is 111 cm³/mol. The van der Waals surface area contributed by atoms with Crippen LogP contribution in [0.2, 0.25) is 0 Å². The third kappa shape index (κ3) is 4.96. The molecular formula is C22H21N3O5. The van der Waals surface area contributed by atoms with Gasteiger partial charge in [0.25, 0.3) is 11.2 Å². The predicted octanol–water partition coefficient (Wildman–Crippen LogP) is 3.17. The van der Waals surface area contributed by atoms with Crippen molar-refractivity contribution in [1.82, 2.24) is 9.78 Å². The van der Waals surface area contributed by atoms with Gasteiger partial charge in [-0.25, -0.2) is 4.68 Å². The Hall–Kier alpha value is -3.81. The van der Waals surface area contributed by atoms with Crippen molar-refractivity contribution in [3.05, 3.63) is 92.4 Å². The summed E-state index contributed by atoms with van der Waals surface area (Å²) in [5.74, 6) is -0.540. The summed E-state index contributed by atoms with van der Waals surface area (Å²) in [4.78, 5) is 35.8. The molecule has 0 bridgehead atoms. The van der Waals surface area contributed by atoms with Crippen molar-refractivity contribution in [3.63, 3.8) is 0 Å². The summed E-state index contributed by atoms with van der Waals surface area (Å²) >= 11 is 0. The van der Waals surface area contributed by atoms with Crippen molar-refractivity contribution in [2.24, 2.45) is 0 Å². The number of hydrogen-bond acceptors (Lipinski definition) is 6. The zero-order valence-electron chi connectivity index (χ0n) is 16.5. The number of rotatable bonds is 8. The van der Waals surface area contributed by atoms with Crippen LogP contribution in [0.15, 0.2) is 65.6 Å². The first-order valence-corrected chi connectivity index (χ1v) is 9.53. The molecule has 0 fully saturated rings. The molecule has 0 amide bonds. The maximum atomic E-state index is 13.1. The molecule has 0 N–H and O–H groups in total. The van der Waals surface area contributed by atoms with E-state index in [1.54, 1.807) is 13.0 Å². The van der Waals surface area contributed by atoms with E-state index in [-0.39, 0.29) is 24.3 Å². The van der Waals surface area contributed by atoms with Crippen molar-refractivity contribution in [2.75, 3.05) is 6.61 Å². The summed E-state index contributed by atoms with van der Waals surface area (Å²) in [5, 5.41) is 15.4. The summed E-state index contributed by atoms with van der Waals surface area (Å²) in [6.07, 6.45) is 1.83. The first-order valence-electron chi connectivity index (χ1n) is 9.53. The van der Waals surface area contributed by atoms with Crippen LogP contribution < -0.4 is 5.56 Å². The van der Waals surface area contributed by atoms with Gasteiger partial charge in [0.05, 0.1) is 24.1 Å². The Labute approximate surface area is 172 Å². The molecule has 0 unspecified atom stereocenters. The smallest absolute Gasteiger partial charge is 0.310 e. The zero-order chi connectivity index (χ0) is 21.5. The average molecular weight is 407 g/mol. The van der Waals surface area contributed by atoms with Crippen molar-refractivity contribution < 1.29 is 14.5 Å². The molecule has 8 nitrogen and oxygen atoms in total. The maximum absolute atomic E-state index is 13.1. The molecule has 3 aromatic rings. The van der Waals surface area contributed by atoms with E-state index in [9.17, 15) is 19.7 Å². The van der Waals surface area contributed by atoms with Crippen LogP contribution >= 0.6 is 0 Å². The fourth-order valence-corrected chi connectivity index (χ4v) is 3.13. The van der Waals surface area contributed by atoms with E-state index in [1.165, 1.54) is 29.1 Å². The molecule has 0 aliphatic heterocycles. The first-order chi connectivity index (χ1) is 14.5. The lowest BCUT2D eigenvalue weighted by Crippen LogP contribution is -2.29. The third-order valence-corrected chi connectivity index (χ3v) is 4.59. The molecule has 0 radical (unpaired) electrons. The number of carbonyl (C=O) groups is 1. The normalized spacial score (nSPS) is 10.6. The second-order valence-electron chi connectivity index (χ2n) is 6.59. The number of benzene rings is 2. The number of esters is 1. The van der Waals surface area contributed by atoms with E-state index in [4.69, 9.17) is 4.74 Å². The number of nitro groups is 1. The van der Waals surface area contributed by atoms with Crippen LogP contribution in [0.25, 0.3) is 11.1 Å². The van der Waals surface area contributed by atoms with Crippen molar-refractivity contribution in [3.8, 4) is 11.1 Å². The molecule has 0 atom stereocenters. The zero-order valence-corrected chi connectivity index (χ0v) is 16.5. The molecule has 154 valence electrons. The molecule has 1 heterocycles. The molecule has 0 aliphatic carbocycles. The average Bonchev–Trinajstić information content (AvgIpc) is 2.75. The minimum Gasteiger partial charge on any atom is -0.466 e. The van der Waals surface area contributed by atoms with Gasteiger partial charge in [-0.3, -0.25) is 19.7 Å². The van der Waals surface area contributed by atoms with Gasteiger partial charge in [-0.1, -0.05) is 42.5 Å². The number of aryl methyl sites for hydroxylation is 2. The van der Waals surface area contributed by atoms with Gasteiger partial charge >= 0.3 is 5.97 Å². The lowest BCUT2D eigenvalue weighted by atomic mass is 10.0. The molecule has 0 saturated carbocycles. The largest absolute Gasteiger partial charge is 0.466 e. The Kier molecular flexibility index (Phi) is 6.69. The summed E-state index contributed by atoms with van der Waals surface area (Å²) < 4.78 is 6.32. The SMILES string of the molecule is CCOC(=O)Cc1c(-c2cccc([N+](=O)[O-])c2)cnn(CCc2ccccc2)c1=O. The van der Waals surface area contributed by atoms with Gasteiger partial charge in [-0.2, -0.15) is 5.10 Å². The molecule has 30 heavy (non-hydrogen) atoms. The quantitative estimate of drug-likeness (QED) is 0.323. The number of non-ortho nitro benzene ring substituents is 1. The van der Waals surface area contributed by atoms with E-state index in [2.05, 4.69) is 5.10 Å². The van der Waals surface area contributed by atoms with Crippen LogP contribution in [-0.4, -0.2) is 27.3 Å². The Morgan fingerprint density at radius 1 is 1.17 bits per heavy atom. The molecule has 8 heteroatoms. The molecule has 0 saturated heterocycles. The monoisotopic (exact) mass is 407 g/mol. The number of ether oxygens (including phenoxy) is 1. The van der Waals surface area contributed by atoms with Gasteiger partial charge in [-0.15, -0.1) is 0 Å². The van der Waals surface area contributed by atoms with Crippen LogP contribution in [-0.2, 0) is 28.9 Å². The van der Waals surface area contributed by atoms with Gasteiger partial charge in [0.1, 0.15) is 0 Å². The highest BCUT2D eigenvalue weighted by molar-refractivity contribution is 5.77. The summed E-state index contributed by atoms with van der Waals surface area (Å²) in [6.45, 7) is 2.22. The van der Waals surface area contributed by atoms with Gasteiger partial charge in [0.2, 0.25) is 0 Å². The van der Waals surface area contributed by atoms with Crippen LogP contribution in [0, 0.1) is 10.1 Å². The Bertz CT molecular complexity index is 1110. The lowest BCUT2D eigenvalue weighted by molar-refractivity contribution is -0.384. The van der Waals surface area contributed by atoms with E-state index >= 15 is 0 Å². The van der Waals surface area contributed by atoms with Gasteiger partial charge in [0, 0.05) is 29.8 Å². The fraction of sp³-hybridized carbons (Fsp3) is 0.227. The first kappa shape index (κ1) is 20.9. The van der Waals surface area contributed by atoms with Crippen molar-refractivity contribution in [2.45, 2.75) is 26.3 Å². The fourth-order valence-electron chi connectivity index (χ4n) is 3.13. The molecule has 2 aromatic carbocycles. The van der Waals surface area contributed by atoms with Crippen molar-refractivity contribution in [1.29, 1.82) is 0 Å². The van der Waals surface area contributed by atoms with Gasteiger partial charge in [0.15, 0.2) is 0 Å². The van der Waals surface area contributed by atoms with Gasteiger partial charge in [-0.05, 0) is 24.5 Å². The number of aromatic nitrogens is 2. The molecule has 0 aliphatic rings. The van der Waals surface area contributed by atoms with Crippen LogP contribution in [0.4, 0.5) is 5.69 Å². The highest BCUT2D eigenvalue weighted by atomic mass is 16.6. The van der Waals surface area contributed by atoms with Crippen LogP contribution in [0.5, 0.6) is 0 Å². The van der Waals surface area contributed by atoms with Crippen molar-refractivity contribution >= 4 is 11.7 Å².